The lowest BCUT2D eigenvalue weighted by Gasteiger charge is -2.00. The van der Waals surface area contributed by atoms with E-state index in [4.69, 9.17) is 4.74 Å². The molecular weight excluding hydrogens is 346 g/mol. The van der Waals surface area contributed by atoms with Crippen molar-refractivity contribution in [1.82, 2.24) is 0 Å². The van der Waals surface area contributed by atoms with Crippen LogP contribution >= 0.6 is 0 Å². The number of rotatable bonds is 3. The lowest BCUT2D eigenvalue weighted by atomic mass is 10.0. The average molecular weight is 361 g/mol. The number of nitro groups is 1. The summed E-state index contributed by atoms with van der Waals surface area (Å²) in [6.45, 7) is 0.439. The molecular formula is C21H15NO5. The summed E-state index contributed by atoms with van der Waals surface area (Å²) in [6, 6.07) is 21.8. The molecule has 1 heterocycles. The summed E-state index contributed by atoms with van der Waals surface area (Å²) < 4.78 is 4.78. The number of cyclic esters (lactones) is 1. The van der Waals surface area contributed by atoms with Crippen LogP contribution in [0.2, 0.25) is 0 Å². The van der Waals surface area contributed by atoms with Crippen LogP contribution in [-0.4, -0.2) is 16.7 Å². The van der Waals surface area contributed by atoms with Gasteiger partial charge in [-0.2, -0.15) is 0 Å². The Morgan fingerprint density at radius 2 is 1.56 bits per heavy atom. The normalized spacial score (nSPS) is 11.6. The maximum atomic E-state index is 12.0. The smallest absolute Gasteiger partial charge is 0.338 e. The quantitative estimate of drug-likeness (QED) is 0.302. The molecule has 0 amide bonds. The van der Waals surface area contributed by atoms with E-state index >= 15 is 0 Å². The van der Waals surface area contributed by atoms with Gasteiger partial charge in [0.15, 0.2) is 5.78 Å². The van der Waals surface area contributed by atoms with Gasteiger partial charge in [0.2, 0.25) is 0 Å². The first-order chi connectivity index (χ1) is 13.1. The molecule has 0 N–H and O–H groups in total. The molecule has 0 atom stereocenters. The molecule has 0 saturated carbocycles. The van der Waals surface area contributed by atoms with Gasteiger partial charge in [-0.05, 0) is 6.07 Å². The van der Waals surface area contributed by atoms with Crippen LogP contribution in [0, 0.1) is 10.1 Å². The highest BCUT2D eigenvalue weighted by Gasteiger charge is 2.19. The Morgan fingerprint density at radius 1 is 0.889 bits per heavy atom. The first-order valence-electron chi connectivity index (χ1n) is 8.15. The van der Waals surface area contributed by atoms with E-state index < -0.39 is 4.92 Å². The molecule has 0 spiro atoms. The van der Waals surface area contributed by atoms with Gasteiger partial charge in [-0.3, -0.25) is 14.9 Å². The molecule has 0 fully saturated rings. The SMILES string of the molecule is O=C(c1ccccc1)c1cccc([N+](=O)[O-])c1.O=C1OCc2ccccc21. The third kappa shape index (κ3) is 4.24. The Kier molecular flexibility index (Phi) is 5.37. The van der Waals surface area contributed by atoms with Crippen molar-refractivity contribution in [2.24, 2.45) is 0 Å². The van der Waals surface area contributed by atoms with Crippen LogP contribution in [0.5, 0.6) is 0 Å². The molecule has 27 heavy (non-hydrogen) atoms. The van der Waals surface area contributed by atoms with Gasteiger partial charge in [0.05, 0.1) is 10.5 Å². The number of esters is 1. The number of ether oxygens (including phenoxy) is 1. The third-order valence-electron chi connectivity index (χ3n) is 3.95. The molecule has 0 unspecified atom stereocenters. The first kappa shape index (κ1) is 18.0. The van der Waals surface area contributed by atoms with Crippen LogP contribution in [0.3, 0.4) is 0 Å². The van der Waals surface area contributed by atoms with E-state index in [-0.39, 0.29) is 17.4 Å². The number of hydrogen-bond acceptors (Lipinski definition) is 5. The number of benzene rings is 3. The largest absolute Gasteiger partial charge is 0.457 e. The van der Waals surface area contributed by atoms with Crippen LogP contribution < -0.4 is 0 Å². The van der Waals surface area contributed by atoms with Gasteiger partial charge < -0.3 is 4.74 Å². The Hall–Kier alpha value is -3.80. The molecule has 1 aliphatic heterocycles. The molecule has 0 aliphatic carbocycles. The summed E-state index contributed by atoms with van der Waals surface area (Å²) >= 11 is 0. The molecule has 134 valence electrons. The van der Waals surface area contributed by atoms with Crippen LogP contribution in [0.4, 0.5) is 5.69 Å². The summed E-state index contributed by atoms with van der Waals surface area (Å²) in [7, 11) is 0. The van der Waals surface area contributed by atoms with Gasteiger partial charge in [0.25, 0.3) is 5.69 Å². The van der Waals surface area contributed by atoms with Gasteiger partial charge in [-0.1, -0.05) is 60.7 Å². The zero-order valence-electron chi connectivity index (χ0n) is 14.2. The summed E-state index contributed by atoms with van der Waals surface area (Å²) in [6.07, 6.45) is 0. The Morgan fingerprint density at radius 3 is 2.26 bits per heavy atom. The zero-order valence-corrected chi connectivity index (χ0v) is 14.2. The summed E-state index contributed by atoms with van der Waals surface area (Å²) in [5.74, 6) is -0.412. The minimum atomic E-state index is -0.512. The van der Waals surface area contributed by atoms with Crippen molar-refractivity contribution in [3.63, 3.8) is 0 Å². The fraction of sp³-hybridized carbons (Fsp3) is 0.0476. The standard InChI is InChI=1S/C13H9NO3.C8H6O2/c15-13(10-5-2-1-3-6-10)11-7-4-8-12(9-11)14(16)17;9-8-7-4-2-1-3-6(7)5-10-8/h1-9H;1-4H,5H2. The highest BCUT2D eigenvalue weighted by Crippen LogP contribution is 2.18. The van der Waals surface area contributed by atoms with Crippen LogP contribution in [0.25, 0.3) is 0 Å². The molecule has 0 aromatic heterocycles. The minimum Gasteiger partial charge on any atom is -0.457 e. The number of non-ortho nitro benzene ring substituents is 1. The van der Waals surface area contributed by atoms with Crippen molar-refractivity contribution in [1.29, 1.82) is 0 Å². The molecule has 6 heteroatoms. The molecule has 1 aliphatic rings. The fourth-order valence-electron chi connectivity index (χ4n) is 2.58. The van der Waals surface area contributed by atoms with Crippen molar-refractivity contribution in [2.45, 2.75) is 6.61 Å². The Labute approximate surface area is 155 Å². The van der Waals surface area contributed by atoms with E-state index in [1.807, 2.05) is 24.3 Å². The fourth-order valence-corrected chi connectivity index (χ4v) is 2.58. The van der Waals surface area contributed by atoms with Crippen LogP contribution in [-0.2, 0) is 11.3 Å². The number of ketones is 1. The average Bonchev–Trinajstić information content (AvgIpc) is 3.10. The summed E-state index contributed by atoms with van der Waals surface area (Å²) in [5, 5.41) is 10.6. The minimum absolute atomic E-state index is 0.0771. The van der Waals surface area contributed by atoms with Crippen molar-refractivity contribution in [3.8, 4) is 0 Å². The lowest BCUT2D eigenvalue weighted by Crippen LogP contribution is -2.01. The van der Waals surface area contributed by atoms with Crippen molar-refractivity contribution in [2.75, 3.05) is 0 Å². The maximum absolute atomic E-state index is 12.0. The van der Waals surface area contributed by atoms with Crippen LogP contribution in [0.1, 0.15) is 31.8 Å². The molecule has 4 rings (SSSR count). The van der Waals surface area contributed by atoms with Gasteiger partial charge in [0, 0.05) is 28.8 Å². The zero-order chi connectivity index (χ0) is 19.2. The lowest BCUT2D eigenvalue weighted by molar-refractivity contribution is -0.384. The predicted octanol–water partition coefficient (Wildman–Crippen LogP) is 4.18. The van der Waals surface area contributed by atoms with Crippen molar-refractivity contribution >= 4 is 17.4 Å². The molecule has 0 saturated heterocycles. The summed E-state index contributed by atoms with van der Waals surface area (Å²) in [5.41, 5.74) is 2.47. The van der Waals surface area contributed by atoms with Crippen molar-refractivity contribution < 1.29 is 19.2 Å². The van der Waals surface area contributed by atoms with E-state index in [9.17, 15) is 19.7 Å². The summed E-state index contributed by atoms with van der Waals surface area (Å²) in [4.78, 5) is 32.9. The number of nitrogens with zero attached hydrogens (tertiary/aromatic N) is 1. The molecule has 0 radical (unpaired) electrons. The molecule has 3 aromatic rings. The van der Waals surface area contributed by atoms with Gasteiger partial charge in [0.1, 0.15) is 6.61 Å². The van der Waals surface area contributed by atoms with Crippen molar-refractivity contribution in [3.05, 3.63) is 111 Å². The molecule has 3 aromatic carbocycles. The number of fused-ring (bicyclic) bond motifs is 1. The predicted molar refractivity (Wildman–Crippen MR) is 98.5 cm³/mol. The molecule has 6 nitrogen and oxygen atoms in total. The van der Waals surface area contributed by atoms with E-state index in [0.717, 1.165) is 5.56 Å². The van der Waals surface area contributed by atoms with E-state index in [0.29, 0.717) is 23.3 Å². The van der Waals surface area contributed by atoms with E-state index in [1.54, 1.807) is 36.4 Å². The Bertz CT molecular complexity index is 998. The number of carbonyl (C=O) groups is 2. The second kappa shape index (κ2) is 8.05. The molecule has 0 bridgehead atoms. The second-order valence-corrected chi connectivity index (χ2v) is 5.74. The van der Waals surface area contributed by atoms with E-state index in [1.165, 1.54) is 18.2 Å². The Balaban J connectivity index is 0.000000177. The van der Waals surface area contributed by atoms with Crippen LogP contribution in [0.15, 0.2) is 78.9 Å². The first-order valence-corrected chi connectivity index (χ1v) is 8.15. The second-order valence-electron chi connectivity index (χ2n) is 5.74. The van der Waals surface area contributed by atoms with Gasteiger partial charge >= 0.3 is 5.97 Å². The highest BCUT2D eigenvalue weighted by atomic mass is 16.6. The number of nitro benzene ring substituents is 1. The topological polar surface area (TPSA) is 86.5 Å². The monoisotopic (exact) mass is 361 g/mol. The number of hydrogen-bond donors (Lipinski definition) is 0. The third-order valence-corrected chi connectivity index (χ3v) is 3.95. The van der Waals surface area contributed by atoms with Gasteiger partial charge in [-0.15, -0.1) is 0 Å². The highest BCUT2D eigenvalue weighted by molar-refractivity contribution is 6.09. The van der Waals surface area contributed by atoms with Gasteiger partial charge in [-0.25, -0.2) is 4.79 Å². The maximum Gasteiger partial charge on any atom is 0.338 e. The van der Waals surface area contributed by atoms with E-state index in [2.05, 4.69) is 0 Å². The number of carbonyl (C=O) groups excluding carboxylic acids is 2.